The zero-order valence-corrected chi connectivity index (χ0v) is 11.1. The molecule has 2 aromatic rings. The lowest BCUT2D eigenvalue weighted by Gasteiger charge is -2.05. The fraction of sp³-hybridized carbons (Fsp3) is 0.143. The van der Waals surface area contributed by atoms with E-state index < -0.39 is 5.97 Å². The maximum absolute atomic E-state index is 10.9. The number of aromatic carboxylic acids is 1. The number of hydrogen-bond donors (Lipinski definition) is 1. The molecule has 19 heavy (non-hydrogen) atoms. The third-order valence-electron chi connectivity index (χ3n) is 2.62. The van der Waals surface area contributed by atoms with Crippen molar-refractivity contribution in [2.24, 2.45) is 0 Å². The summed E-state index contributed by atoms with van der Waals surface area (Å²) in [4.78, 5) is 22.7. The second-order valence-corrected chi connectivity index (χ2v) is 5.23. The molecule has 0 bridgehead atoms. The van der Waals surface area contributed by atoms with Crippen LogP contribution in [0.1, 0.15) is 30.5 Å². The van der Waals surface area contributed by atoms with Crippen LogP contribution >= 0.6 is 11.3 Å². The zero-order chi connectivity index (χ0) is 13.8. The van der Waals surface area contributed by atoms with Crippen molar-refractivity contribution in [2.45, 2.75) is 13.5 Å². The maximum Gasteiger partial charge on any atom is 0.345 e. The van der Waals surface area contributed by atoms with Gasteiger partial charge in [0.2, 0.25) is 0 Å². The molecule has 5 heteroatoms. The Morgan fingerprint density at radius 1 is 1.42 bits per heavy atom. The summed E-state index contributed by atoms with van der Waals surface area (Å²) in [6, 6.07) is 8.45. The molecule has 1 heterocycles. The molecule has 1 aromatic heterocycles. The van der Waals surface area contributed by atoms with Crippen LogP contribution in [0.5, 0.6) is 5.75 Å². The van der Waals surface area contributed by atoms with E-state index in [4.69, 9.17) is 9.84 Å². The van der Waals surface area contributed by atoms with Crippen LogP contribution in [0.15, 0.2) is 30.3 Å². The second kappa shape index (κ2) is 5.67. The molecule has 0 radical (unpaired) electrons. The minimum atomic E-state index is -0.928. The van der Waals surface area contributed by atoms with E-state index in [9.17, 15) is 9.59 Å². The molecule has 0 unspecified atom stereocenters. The van der Waals surface area contributed by atoms with E-state index >= 15 is 0 Å². The Balaban J connectivity index is 2.09. The third-order valence-corrected chi connectivity index (χ3v) is 3.70. The Morgan fingerprint density at radius 3 is 2.84 bits per heavy atom. The molecule has 0 saturated carbocycles. The van der Waals surface area contributed by atoms with E-state index in [0.717, 1.165) is 16.7 Å². The molecule has 0 atom stereocenters. The lowest BCUT2D eigenvalue weighted by atomic mass is 10.2. The molecule has 0 fully saturated rings. The van der Waals surface area contributed by atoms with Crippen molar-refractivity contribution in [3.8, 4) is 5.75 Å². The predicted octanol–water partition coefficient (Wildman–Crippen LogP) is 3.15. The van der Waals surface area contributed by atoms with E-state index in [-0.39, 0.29) is 6.61 Å². The molecule has 0 aliphatic heterocycles. The zero-order valence-electron chi connectivity index (χ0n) is 10.3. The van der Waals surface area contributed by atoms with Gasteiger partial charge in [-0.3, -0.25) is 4.79 Å². The number of hydrogen-bond acceptors (Lipinski definition) is 4. The van der Waals surface area contributed by atoms with Crippen LogP contribution in [0.2, 0.25) is 0 Å². The Bertz CT molecular complexity index is 616. The first kappa shape index (κ1) is 13.3. The number of carboxylic acid groups (broad SMARTS) is 1. The first-order chi connectivity index (χ1) is 9.10. The molecule has 2 rings (SSSR count). The minimum absolute atomic E-state index is 0.290. The highest BCUT2D eigenvalue weighted by atomic mass is 32.1. The second-order valence-electron chi connectivity index (χ2n) is 3.98. The van der Waals surface area contributed by atoms with Crippen molar-refractivity contribution in [3.05, 3.63) is 51.2 Å². The standard InChI is InChI=1S/C14H12O4S/c1-9-11(6-13(19-9)14(16)17)8-18-12-4-2-3-10(5-12)7-15/h2-7H,8H2,1H3,(H,16,17). The van der Waals surface area contributed by atoms with Gasteiger partial charge in [0.25, 0.3) is 0 Å². The number of carboxylic acids is 1. The topological polar surface area (TPSA) is 63.6 Å². The molecule has 1 aromatic carbocycles. The summed E-state index contributed by atoms with van der Waals surface area (Å²) in [5, 5.41) is 8.91. The number of rotatable bonds is 5. The van der Waals surface area contributed by atoms with Crippen molar-refractivity contribution in [2.75, 3.05) is 0 Å². The molecule has 0 amide bonds. The number of carbonyl (C=O) groups is 2. The average Bonchev–Trinajstić information content (AvgIpc) is 2.78. The molecule has 98 valence electrons. The Labute approximate surface area is 114 Å². The average molecular weight is 276 g/mol. The van der Waals surface area contributed by atoms with Crippen molar-refractivity contribution >= 4 is 23.6 Å². The third kappa shape index (κ3) is 3.20. The molecule has 0 aliphatic rings. The van der Waals surface area contributed by atoms with E-state index in [1.165, 1.54) is 11.3 Å². The summed E-state index contributed by atoms with van der Waals surface area (Å²) in [5.41, 5.74) is 1.39. The molecule has 0 saturated heterocycles. The number of carbonyl (C=O) groups excluding carboxylic acids is 1. The molecular weight excluding hydrogens is 264 g/mol. The van der Waals surface area contributed by atoms with Crippen LogP contribution < -0.4 is 4.74 Å². The van der Waals surface area contributed by atoms with Gasteiger partial charge in [0.15, 0.2) is 0 Å². The highest BCUT2D eigenvalue weighted by Gasteiger charge is 2.11. The van der Waals surface area contributed by atoms with Gasteiger partial charge in [-0.2, -0.15) is 0 Å². The van der Waals surface area contributed by atoms with Crippen LogP contribution in [0.25, 0.3) is 0 Å². The smallest absolute Gasteiger partial charge is 0.345 e. The number of aldehydes is 1. The van der Waals surface area contributed by atoms with Crippen molar-refractivity contribution < 1.29 is 19.4 Å². The summed E-state index contributed by atoms with van der Waals surface area (Å²) >= 11 is 1.23. The summed E-state index contributed by atoms with van der Waals surface area (Å²) in [6.45, 7) is 2.15. The van der Waals surface area contributed by atoms with Gasteiger partial charge in [0.05, 0.1) is 0 Å². The summed E-state index contributed by atoms with van der Waals surface area (Å²) in [7, 11) is 0. The number of ether oxygens (including phenoxy) is 1. The lowest BCUT2D eigenvalue weighted by molar-refractivity contribution is 0.0702. The lowest BCUT2D eigenvalue weighted by Crippen LogP contribution is -1.96. The van der Waals surface area contributed by atoms with Crippen molar-refractivity contribution in [1.82, 2.24) is 0 Å². The van der Waals surface area contributed by atoms with Gasteiger partial charge in [-0.1, -0.05) is 12.1 Å². The Hall–Kier alpha value is -2.14. The van der Waals surface area contributed by atoms with Gasteiger partial charge < -0.3 is 9.84 Å². The largest absolute Gasteiger partial charge is 0.489 e. The van der Waals surface area contributed by atoms with E-state index in [0.29, 0.717) is 16.2 Å². The quantitative estimate of drug-likeness (QED) is 0.852. The Morgan fingerprint density at radius 2 is 2.21 bits per heavy atom. The van der Waals surface area contributed by atoms with Gasteiger partial charge in [-0.15, -0.1) is 11.3 Å². The highest BCUT2D eigenvalue weighted by molar-refractivity contribution is 7.14. The van der Waals surface area contributed by atoms with Crippen molar-refractivity contribution in [1.29, 1.82) is 0 Å². The molecule has 4 nitrogen and oxygen atoms in total. The molecular formula is C14H12O4S. The summed E-state index contributed by atoms with van der Waals surface area (Å²) < 4.78 is 5.56. The highest BCUT2D eigenvalue weighted by Crippen LogP contribution is 2.23. The van der Waals surface area contributed by atoms with Gasteiger partial charge >= 0.3 is 5.97 Å². The fourth-order valence-corrected chi connectivity index (χ4v) is 2.47. The van der Waals surface area contributed by atoms with Crippen LogP contribution in [0.3, 0.4) is 0 Å². The van der Waals surface area contributed by atoms with Gasteiger partial charge in [0.1, 0.15) is 23.5 Å². The van der Waals surface area contributed by atoms with Crippen molar-refractivity contribution in [3.63, 3.8) is 0 Å². The summed E-state index contributed by atoms with van der Waals surface area (Å²) in [5.74, 6) is -0.339. The van der Waals surface area contributed by atoms with Crippen LogP contribution in [0, 0.1) is 6.92 Å². The number of aryl methyl sites for hydroxylation is 1. The van der Waals surface area contributed by atoms with Crippen LogP contribution in [0.4, 0.5) is 0 Å². The van der Waals surface area contributed by atoms with E-state index in [1.54, 1.807) is 30.3 Å². The predicted molar refractivity (Wildman–Crippen MR) is 72.2 cm³/mol. The fourth-order valence-electron chi connectivity index (χ4n) is 1.61. The number of thiophene rings is 1. The molecule has 0 spiro atoms. The van der Waals surface area contributed by atoms with Crippen LogP contribution in [-0.4, -0.2) is 17.4 Å². The first-order valence-corrected chi connectivity index (χ1v) is 6.42. The normalized spacial score (nSPS) is 10.2. The molecule has 1 N–H and O–H groups in total. The van der Waals surface area contributed by atoms with Gasteiger partial charge in [-0.05, 0) is 25.1 Å². The van der Waals surface area contributed by atoms with Gasteiger partial charge in [-0.25, -0.2) is 4.79 Å². The van der Waals surface area contributed by atoms with Gasteiger partial charge in [0, 0.05) is 16.0 Å². The monoisotopic (exact) mass is 276 g/mol. The van der Waals surface area contributed by atoms with Crippen LogP contribution in [-0.2, 0) is 6.61 Å². The summed E-state index contributed by atoms with van der Waals surface area (Å²) in [6.07, 6.45) is 0.755. The first-order valence-electron chi connectivity index (χ1n) is 5.61. The molecule has 0 aliphatic carbocycles. The maximum atomic E-state index is 10.9. The van der Waals surface area contributed by atoms with E-state index in [1.807, 2.05) is 6.92 Å². The Kier molecular flexibility index (Phi) is 3.97. The van der Waals surface area contributed by atoms with E-state index in [2.05, 4.69) is 0 Å². The minimum Gasteiger partial charge on any atom is -0.489 e. The SMILES string of the molecule is Cc1sc(C(=O)O)cc1COc1cccc(C=O)c1. The number of benzene rings is 1.